The van der Waals surface area contributed by atoms with Gasteiger partial charge in [-0.1, -0.05) is 47.8 Å². The molecule has 2 aromatic carbocycles. The van der Waals surface area contributed by atoms with Gasteiger partial charge >= 0.3 is 0 Å². The zero-order valence-electron chi connectivity index (χ0n) is 14.6. The van der Waals surface area contributed by atoms with E-state index < -0.39 is 0 Å². The topological polar surface area (TPSA) is 43.6 Å². The van der Waals surface area contributed by atoms with Crippen molar-refractivity contribution in [1.29, 1.82) is 0 Å². The van der Waals surface area contributed by atoms with E-state index in [-0.39, 0.29) is 5.82 Å². The first-order valence-electron chi connectivity index (χ1n) is 8.50. The number of rotatable bonds is 7. The molecule has 0 aliphatic carbocycles. The number of thiazole rings is 1. The average Bonchev–Trinajstić information content (AvgIpc) is 3.28. The predicted octanol–water partition coefficient (Wildman–Crippen LogP) is 5.63. The number of hydrogen-bond acceptors (Lipinski definition) is 6. The molecule has 0 N–H and O–H groups in total. The molecule has 2 aromatic heterocycles. The van der Waals surface area contributed by atoms with Crippen LogP contribution in [-0.4, -0.2) is 19.7 Å². The standard InChI is InChI=1S/C19H17FN4S3/c1-2-24-17(12-26-19-21-15-5-3-4-6-16(15)27-19)22-23-18(24)25-11-13-7-9-14(20)10-8-13/h3-10H,2,11-12H2,1H3. The second-order valence-corrected chi connectivity index (χ2v) is 8.99. The highest BCUT2D eigenvalue weighted by atomic mass is 32.2. The van der Waals surface area contributed by atoms with Crippen LogP contribution in [0.1, 0.15) is 18.3 Å². The monoisotopic (exact) mass is 416 g/mol. The Labute approximate surface area is 169 Å². The number of nitrogens with zero attached hydrogens (tertiary/aromatic N) is 4. The molecular weight excluding hydrogens is 399 g/mol. The molecule has 2 heterocycles. The molecule has 138 valence electrons. The molecule has 4 rings (SSSR count). The molecule has 0 radical (unpaired) electrons. The summed E-state index contributed by atoms with van der Waals surface area (Å²) in [4.78, 5) is 4.66. The third-order valence-electron chi connectivity index (χ3n) is 3.99. The van der Waals surface area contributed by atoms with Crippen molar-refractivity contribution < 1.29 is 4.39 Å². The van der Waals surface area contributed by atoms with E-state index in [9.17, 15) is 4.39 Å². The zero-order valence-corrected chi connectivity index (χ0v) is 17.1. The van der Waals surface area contributed by atoms with Crippen molar-refractivity contribution in [3.8, 4) is 0 Å². The SMILES string of the molecule is CCn1c(CSc2nc3ccccc3s2)nnc1SCc1ccc(F)cc1. The van der Waals surface area contributed by atoms with E-state index in [4.69, 9.17) is 0 Å². The van der Waals surface area contributed by atoms with E-state index >= 15 is 0 Å². The molecule has 0 amide bonds. The Bertz CT molecular complexity index is 1010. The summed E-state index contributed by atoms with van der Waals surface area (Å²) in [5, 5.41) is 9.61. The molecule has 0 saturated carbocycles. The minimum absolute atomic E-state index is 0.213. The largest absolute Gasteiger partial charge is 0.306 e. The number of aromatic nitrogens is 4. The quantitative estimate of drug-likeness (QED) is 0.365. The van der Waals surface area contributed by atoms with Crippen LogP contribution in [0.4, 0.5) is 4.39 Å². The summed E-state index contributed by atoms with van der Waals surface area (Å²) >= 11 is 5.02. The van der Waals surface area contributed by atoms with E-state index in [1.165, 1.54) is 16.8 Å². The normalized spacial score (nSPS) is 11.3. The van der Waals surface area contributed by atoms with E-state index in [0.29, 0.717) is 0 Å². The van der Waals surface area contributed by atoms with Crippen LogP contribution in [0, 0.1) is 5.82 Å². The molecule has 0 aliphatic rings. The molecule has 4 nitrogen and oxygen atoms in total. The Balaban J connectivity index is 1.43. The van der Waals surface area contributed by atoms with Crippen LogP contribution in [0.3, 0.4) is 0 Å². The van der Waals surface area contributed by atoms with Crippen molar-refractivity contribution in [2.75, 3.05) is 0 Å². The van der Waals surface area contributed by atoms with E-state index in [1.807, 2.05) is 18.2 Å². The lowest BCUT2D eigenvalue weighted by Crippen LogP contribution is -2.02. The molecule has 4 aromatic rings. The van der Waals surface area contributed by atoms with Crippen molar-refractivity contribution in [3.05, 3.63) is 65.7 Å². The van der Waals surface area contributed by atoms with Crippen LogP contribution in [-0.2, 0) is 18.1 Å². The predicted molar refractivity (Wildman–Crippen MR) is 111 cm³/mol. The molecule has 0 atom stereocenters. The number of hydrogen-bond donors (Lipinski definition) is 0. The van der Waals surface area contributed by atoms with E-state index in [2.05, 4.69) is 32.7 Å². The summed E-state index contributed by atoms with van der Waals surface area (Å²) in [6, 6.07) is 14.8. The van der Waals surface area contributed by atoms with Gasteiger partial charge in [0.2, 0.25) is 0 Å². The maximum absolute atomic E-state index is 13.0. The molecule has 8 heteroatoms. The summed E-state index contributed by atoms with van der Waals surface area (Å²) in [5.74, 6) is 2.21. The molecule has 0 aliphatic heterocycles. The number of para-hydroxylation sites is 1. The highest BCUT2D eigenvalue weighted by Crippen LogP contribution is 2.32. The van der Waals surface area contributed by atoms with Crippen LogP contribution in [0.25, 0.3) is 10.2 Å². The van der Waals surface area contributed by atoms with Gasteiger partial charge in [0.1, 0.15) is 11.6 Å². The number of benzene rings is 2. The number of thioether (sulfide) groups is 2. The van der Waals surface area contributed by atoms with Crippen LogP contribution < -0.4 is 0 Å². The second-order valence-electron chi connectivity index (χ2n) is 5.79. The summed E-state index contributed by atoms with van der Waals surface area (Å²) in [7, 11) is 0. The number of fused-ring (bicyclic) bond motifs is 1. The van der Waals surface area contributed by atoms with E-state index in [0.717, 1.165) is 44.5 Å². The van der Waals surface area contributed by atoms with Crippen molar-refractivity contribution >= 4 is 45.1 Å². The average molecular weight is 417 g/mol. The van der Waals surface area contributed by atoms with Crippen molar-refractivity contribution in [2.24, 2.45) is 0 Å². The fraction of sp³-hybridized carbons (Fsp3) is 0.211. The lowest BCUT2D eigenvalue weighted by molar-refractivity contribution is 0.627. The highest BCUT2D eigenvalue weighted by molar-refractivity contribution is 8.00. The maximum Gasteiger partial charge on any atom is 0.191 e. The lowest BCUT2D eigenvalue weighted by atomic mass is 10.2. The Hall–Kier alpha value is -1.90. The summed E-state index contributed by atoms with van der Waals surface area (Å²) < 4.78 is 17.4. The molecule has 0 spiro atoms. The van der Waals surface area contributed by atoms with Gasteiger partial charge in [-0.15, -0.1) is 21.5 Å². The number of halogens is 1. The van der Waals surface area contributed by atoms with Crippen molar-refractivity contribution in [2.45, 2.75) is 34.5 Å². The van der Waals surface area contributed by atoms with Gasteiger partial charge in [0, 0.05) is 12.3 Å². The fourth-order valence-corrected chi connectivity index (χ4v) is 5.60. The Morgan fingerprint density at radius 2 is 1.81 bits per heavy atom. The minimum atomic E-state index is -0.213. The van der Waals surface area contributed by atoms with Gasteiger partial charge in [0.25, 0.3) is 0 Å². The minimum Gasteiger partial charge on any atom is -0.306 e. The second kappa shape index (κ2) is 8.41. The summed E-state index contributed by atoms with van der Waals surface area (Å²) in [6.45, 7) is 2.91. The van der Waals surface area contributed by atoms with Gasteiger partial charge in [-0.2, -0.15) is 0 Å². The first-order valence-corrected chi connectivity index (χ1v) is 11.3. The van der Waals surface area contributed by atoms with Crippen LogP contribution >= 0.6 is 34.9 Å². The molecule has 0 bridgehead atoms. The molecule has 0 unspecified atom stereocenters. The van der Waals surface area contributed by atoms with Crippen LogP contribution in [0.2, 0.25) is 0 Å². The zero-order chi connectivity index (χ0) is 18.6. The van der Waals surface area contributed by atoms with Gasteiger partial charge < -0.3 is 4.57 Å². The first kappa shape index (κ1) is 18.5. The smallest absolute Gasteiger partial charge is 0.191 e. The highest BCUT2D eigenvalue weighted by Gasteiger charge is 2.13. The molecule has 0 fully saturated rings. The Kier molecular flexibility index (Phi) is 5.75. The van der Waals surface area contributed by atoms with Gasteiger partial charge in [-0.3, -0.25) is 0 Å². The Morgan fingerprint density at radius 1 is 1.00 bits per heavy atom. The summed E-state index contributed by atoms with van der Waals surface area (Å²) in [5.41, 5.74) is 2.11. The van der Waals surface area contributed by atoms with Crippen LogP contribution in [0.15, 0.2) is 58.0 Å². The van der Waals surface area contributed by atoms with Gasteiger partial charge in [0.15, 0.2) is 9.50 Å². The van der Waals surface area contributed by atoms with E-state index in [1.54, 1.807) is 47.0 Å². The van der Waals surface area contributed by atoms with Crippen molar-refractivity contribution in [3.63, 3.8) is 0 Å². The van der Waals surface area contributed by atoms with Crippen LogP contribution in [0.5, 0.6) is 0 Å². The van der Waals surface area contributed by atoms with Gasteiger partial charge in [-0.25, -0.2) is 9.37 Å². The van der Waals surface area contributed by atoms with Crippen molar-refractivity contribution in [1.82, 2.24) is 19.7 Å². The summed E-state index contributed by atoms with van der Waals surface area (Å²) in [6.07, 6.45) is 0. The molecular formula is C19H17FN4S3. The lowest BCUT2D eigenvalue weighted by Gasteiger charge is -2.06. The van der Waals surface area contributed by atoms with Gasteiger partial charge in [-0.05, 0) is 36.8 Å². The third-order valence-corrected chi connectivity index (χ3v) is 7.20. The Morgan fingerprint density at radius 3 is 2.59 bits per heavy atom. The maximum atomic E-state index is 13.0. The molecule has 0 saturated heterocycles. The first-order chi connectivity index (χ1) is 13.2. The molecule has 27 heavy (non-hydrogen) atoms. The van der Waals surface area contributed by atoms with Gasteiger partial charge in [0.05, 0.1) is 16.0 Å². The third kappa shape index (κ3) is 4.34. The fourth-order valence-electron chi connectivity index (χ4n) is 2.62.